The topological polar surface area (TPSA) is 23.6 Å². The molecule has 2 aromatic rings. The third kappa shape index (κ3) is 3.52. The molecule has 2 heterocycles. The lowest BCUT2D eigenvalue weighted by Crippen LogP contribution is -2.47. The number of rotatable bonds is 3. The molecule has 0 unspecified atom stereocenters. The third-order valence-corrected chi connectivity index (χ3v) is 5.04. The fraction of sp³-hybridized carbons (Fsp3) is 0.353. The molecule has 3 rings (SSSR count). The molecule has 1 amide bonds. The summed E-state index contributed by atoms with van der Waals surface area (Å²) in [5, 5.41) is 0. The fourth-order valence-electron chi connectivity index (χ4n) is 2.55. The van der Waals surface area contributed by atoms with Crippen molar-refractivity contribution < 1.29 is 4.79 Å². The van der Waals surface area contributed by atoms with Gasteiger partial charge in [-0.2, -0.15) is 0 Å². The Morgan fingerprint density at radius 1 is 1.05 bits per heavy atom. The Kier molecular flexibility index (Phi) is 4.36. The smallest absolute Gasteiger partial charge is 0.227 e. The third-order valence-electron chi connectivity index (χ3n) is 3.90. The summed E-state index contributed by atoms with van der Waals surface area (Å²) in [7, 11) is 2.10. The predicted octanol–water partition coefficient (Wildman–Crippen LogP) is 2.73. The van der Waals surface area contributed by atoms with Gasteiger partial charge in [-0.1, -0.05) is 30.3 Å². The molecule has 0 saturated carbocycles. The molecule has 1 saturated heterocycles. The van der Waals surface area contributed by atoms with Gasteiger partial charge in [-0.3, -0.25) is 4.79 Å². The van der Waals surface area contributed by atoms with Gasteiger partial charge in [-0.05, 0) is 24.7 Å². The molecule has 110 valence electrons. The molecule has 1 aliphatic heterocycles. The summed E-state index contributed by atoms with van der Waals surface area (Å²) in [5.74, 6) is 0.254. The highest BCUT2D eigenvalue weighted by Gasteiger charge is 2.19. The first-order chi connectivity index (χ1) is 10.2. The van der Waals surface area contributed by atoms with Gasteiger partial charge in [0.2, 0.25) is 5.91 Å². The first kappa shape index (κ1) is 14.3. The van der Waals surface area contributed by atoms with E-state index in [1.165, 1.54) is 10.4 Å². The number of hydrogen-bond donors (Lipinski definition) is 0. The summed E-state index contributed by atoms with van der Waals surface area (Å²) >= 11 is 1.72. The Bertz CT molecular complexity index is 600. The van der Waals surface area contributed by atoms with Crippen LogP contribution in [0.15, 0.2) is 42.5 Å². The van der Waals surface area contributed by atoms with Gasteiger partial charge in [-0.15, -0.1) is 11.3 Å². The van der Waals surface area contributed by atoms with Crippen LogP contribution >= 0.6 is 11.3 Å². The number of piperazine rings is 1. The predicted molar refractivity (Wildman–Crippen MR) is 87.5 cm³/mol. The van der Waals surface area contributed by atoms with Gasteiger partial charge >= 0.3 is 0 Å². The van der Waals surface area contributed by atoms with Gasteiger partial charge in [0.15, 0.2) is 0 Å². The second kappa shape index (κ2) is 6.41. The number of carbonyl (C=O) groups excluding carboxylic acids is 1. The first-order valence-electron chi connectivity index (χ1n) is 7.33. The van der Waals surface area contributed by atoms with E-state index in [2.05, 4.69) is 36.2 Å². The summed E-state index contributed by atoms with van der Waals surface area (Å²) in [5.41, 5.74) is 1.22. The van der Waals surface area contributed by atoms with Crippen molar-refractivity contribution in [3.05, 3.63) is 47.3 Å². The molecule has 0 N–H and O–H groups in total. The van der Waals surface area contributed by atoms with Crippen molar-refractivity contribution in [2.45, 2.75) is 6.42 Å². The van der Waals surface area contributed by atoms with E-state index in [-0.39, 0.29) is 5.91 Å². The molecule has 1 aromatic heterocycles. The highest BCUT2D eigenvalue weighted by Crippen LogP contribution is 2.28. The standard InChI is InChI=1S/C17H20N2OS/c1-18-9-11-19(12-10-18)17(20)13-15-7-8-16(21-15)14-5-3-2-4-6-14/h2-8H,9-13H2,1H3. The van der Waals surface area contributed by atoms with Crippen molar-refractivity contribution in [3.63, 3.8) is 0 Å². The normalized spacial score (nSPS) is 16.1. The molecule has 1 aliphatic rings. The highest BCUT2D eigenvalue weighted by atomic mass is 32.1. The number of amides is 1. The van der Waals surface area contributed by atoms with Crippen LogP contribution in [-0.4, -0.2) is 48.9 Å². The molecule has 0 aliphatic carbocycles. The maximum Gasteiger partial charge on any atom is 0.227 e. The van der Waals surface area contributed by atoms with E-state index < -0.39 is 0 Å². The maximum atomic E-state index is 12.3. The van der Waals surface area contributed by atoms with Crippen LogP contribution < -0.4 is 0 Å². The van der Waals surface area contributed by atoms with Gasteiger partial charge in [0.1, 0.15) is 0 Å². The van der Waals surface area contributed by atoms with E-state index in [1.807, 2.05) is 23.1 Å². The lowest BCUT2D eigenvalue weighted by Gasteiger charge is -2.32. The van der Waals surface area contributed by atoms with Crippen LogP contribution in [0, 0.1) is 0 Å². The molecule has 4 heteroatoms. The zero-order chi connectivity index (χ0) is 14.7. The van der Waals surface area contributed by atoms with E-state index in [4.69, 9.17) is 0 Å². The van der Waals surface area contributed by atoms with Gasteiger partial charge in [-0.25, -0.2) is 0 Å². The van der Waals surface area contributed by atoms with Gasteiger partial charge in [0, 0.05) is 35.9 Å². The second-order valence-electron chi connectivity index (χ2n) is 5.49. The van der Waals surface area contributed by atoms with Crippen molar-refractivity contribution in [2.75, 3.05) is 33.2 Å². The van der Waals surface area contributed by atoms with Crippen LogP contribution in [0.3, 0.4) is 0 Å². The fourth-order valence-corrected chi connectivity index (χ4v) is 3.55. The summed E-state index contributed by atoms with van der Waals surface area (Å²) in [6, 6.07) is 14.5. The van der Waals surface area contributed by atoms with Crippen molar-refractivity contribution in [3.8, 4) is 10.4 Å². The van der Waals surface area contributed by atoms with Crippen molar-refractivity contribution >= 4 is 17.2 Å². The lowest BCUT2D eigenvalue weighted by atomic mass is 10.2. The largest absolute Gasteiger partial charge is 0.340 e. The Labute approximate surface area is 129 Å². The average molecular weight is 300 g/mol. The SMILES string of the molecule is CN1CCN(C(=O)Cc2ccc(-c3ccccc3)s2)CC1. The molecule has 0 atom stereocenters. The second-order valence-corrected chi connectivity index (χ2v) is 6.66. The van der Waals surface area contributed by atoms with Gasteiger partial charge in [0.05, 0.1) is 6.42 Å². The van der Waals surface area contributed by atoms with E-state index in [1.54, 1.807) is 11.3 Å². The molecule has 3 nitrogen and oxygen atoms in total. The number of likely N-dealkylation sites (N-methyl/N-ethyl adjacent to an activating group) is 1. The molecule has 21 heavy (non-hydrogen) atoms. The number of benzene rings is 1. The minimum Gasteiger partial charge on any atom is -0.340 e. The number of nitrogens with zero attached hydrogens (tertiary/aromatic N) is 2. The number of thiophene rings is 1. The van der Waals surface area contributed by atoms with Crippen LogP contribution in [0.5, 0.6) is 0 Å². The van der Waals surface area contributed by atoms with Crippen LogP contribution in [0.4, 0.5) is 0 Å². The highest BCUT2D eigenvalue weighted by molar-refractivity contribution is 7.15. The van der Waals surface area contributed by atoms with Gasteiger partial charge in [0.25, 0.3) is 0 Å². The Morgan fingerprint density at radius 2 is 1.76 bits per heavy atom. The molecular formula is C17H20N2OS. The van der Waals surface area contributed by atoms with E-state index in [0.29, 0.717) is 6.42 Å². The van der Waals surface area contributed by atoms with Crippen LogP contribution in [0.1, 0.15) is 4.88 Å². The quantitative estimate of drug-likeness (QED) is 0.870. The summed E-state index contributed by atoms with van der Waals surface area (Å²) in [6.45, 7) is 3.66. The van der Waals surface area contributed by atoms with Crippen LogP contribution in [0.2, 0.25) is 0 Å². The maximum absolute atomic E-state index is 12.3. The minimum absolute atomic E-state index is 0.254. The molecule has 0 bridgehead atoms. The average Bonchev–Trinajstić information content (AvgIpc) is 2.97. The Morgan fingerprint density at radius 3 is 2.48 bits per heavy atom. The Hall–Kier alpha value is -1.65. The zero-order valence-electron chi connectivity index (χ0n) is 12.3. The van der Waals surface area contributed by atoms with Crippen LogP contribution in [0.25, 0.3) is 10.4 Å². The molecule has 0 radical (unpaired) electrons. The molecule has 1 aromatic carbocycles. The monoisotopic (exact) mass is 300 g/mol. The number of carbonyl (C=O) groups is 1. The Balaban J connectivity index is 1.63. The summed E-state index contributed by atoms with van der Waals surface area (Å²) in [4.78, 5) is 19.0. The van der Waals surface area contributed by atoms with Crippen LogP contribution in [-0.2, 0) is 11.2 Å². The summed E-state index contributed by atoms with van der Waals surface area (Å²) < 4.78 is 0. The first-order valence-corrected chi connectivity index (χ1v) is 8.14. The molecule has 0 spiro atoms. The van der Waals surface area contributed by atoms with Crippen molar-refractivity contribution in [1.29, 1.82) is 0 Å². The van der Waals surface area contributed by atoms with Gasteiger partial charge < -0.3 is 9.80 Å². The van der Waals surface area contributed by atoms with Crippen molar-refractivity contribution in [1.82, 2.24) is 9.80 Å². The van der Waals surface area contributed by atoms with E-state index in [9.17, 15) is 4.79 Å². The van der Waals surface area contributed by atoms with Crippen molar-refractivity contribution in [2.24, 2.45) is 0 Å². The van der Waals surface area contributed by atoms with E-state index in [0.717, 1.165) is 31.1 Å². The van der Waals surface area contributed by atoms with E-state index >= 15 is 0 Å². The summed E-state index contributed by atoms with van der Waals surface area (Å²) in [6.07, 6.45) is 0.529. The molecule has 1 fully saturated rings. The minimum atomic E-state index is 0.254. The lowest BCUT2D eigenvalue weighted by molar-refractivity contribution is -0.131. The number of hydrogen-bond acceptors (Lipinski definition) is 3. The molecular weight excluding hydrogens is 280 g/mol. The zero-order valence-corrected chi connectivity index (χ0v) is 13.1.